The van der Waals surface area contributed by atoms with Crippen molar-refractivity contribution in [2.75, 3.05) is 24.7 Å². The molecule has 228 valence electrons. The van der Waals surface area contributed by atoms with E-state index in [2.05, 4.69) is 29.9 Å². The van der Waals surface area contributed by atoms with Crippen LogP contribution in [0.15, 0.2) is 25.3 Å². The fourth-order valence-electron chi connectivity index (χ4n) is 5.16. The van der Waals surface area contributed by atoms with E-state index in [1.165, 1.54) is 34.4 Å². The maximum Gasteiger partial charge on any atom is 0.697 e. The van der Waals surface area contributed by atoms with Gasteiger partial charge in [-0.2, -0.15) is 4.98 Å². The van der Waals surface area contributed by atoms with Crippen LogP contribution in [0.25, 0.3) is 22.3 Å². The molecule has 4 aromatic heterocycles. The molecule has 0 spiro atoms. The number of ether oxygens (including phenoxy) is 2. The smallest absolute Gasteiger partial charge is 0.385 e. The molecule has 10 unspecified atom stereocenters. The van der Waals surface area contributed by atoms with Gasteiger partial charge in [0, 0.05) is 4.57 Å². The molecule has 3 aliphatic rings. The third-order valence-electron chi connectivity index (χ3n) is 7.17. The SMILES string of the molecule is Nc1ncnc2c1ncn2C1OC2COP(O)(=S)OC3C(F)C(CO[P+](=O)OC2C1O)OC3[n+]1c[nH]c2c(N)ncnc21. The summed E-state index contributed by atoms with van der Waals surface area (Å²) in [6, 6.07) is 0. The Morgan fingerprint density at radius 3 is 2.74 bits per heavy atom. The number of alkyl halides is 1. The summed E-state index contributed by atoms with van der Waals surface area (Å²) >= 11 is 5.21. The van der Waals surface area contributed by atoms with E-state index in [0.717, 1.165) is 0 Å². The van der Waals surface area contributed by atoms with Gasteiger partial charge in [-0.25, -0.2) is 23.9 Å². The lowest BCUT2D eigenvalue weighted by atomic mass is 10.1. The first-order valence-corrected chi connectivity index (χ1v) is 16.3. The van der Waals surface area contributed by atoms with Gasteiger partial charge >= 0.3 is 20.6 Å². The summed E-state index contributed by atoms with van der Waals surface area (Å²) in [5.74, 6) is 0.241. The average Bonchev–Trinajstić information content (AvgIpc) is 3.73. The standard InChI is InChI=1S/C20H21FN10O9P2S/c21-9-7-1-35-41(33)39-13-8(38-19(12(13)32)30-5-28-10-15(22)24-3-26-17(10)30)2-36-42(34,43)40-14(9)20(37-7)31-6-29-11-16(23)25-4-27-18(11)31/h3-9,12-14,19-20,32H,1-2H2,(H4-,22,23,24,25,26,27,34,43)/p+2. The molecule has 0 saturated carbocycles. The highest BCUT2D eigenvalue weighted by Crippen LogP contribution is 2.51. The van der Waals surface area contributed by atoms with E-state index in [1.807, 2.05) is 0 Å². The predicted molar refractivity (Wildman–Crippen MR) is 143 cm³/mol. The van der Waals surface area contributed by atoms with Gasteiger partial charge in [0.1, 0.15) is 36.8 Å². The van der Waals surface area contributed by atoms with Gasteiger partial charge in [0.05, 0.1) is 12.9 Å². The van der Waals surface area contributed by atoms with Crippen molar-refractivity contribution >= 4 is 60.7 Å². The monoisotopic (exact) mass is 660 g/mol. The van der Waals surface area contributed by atoms with Crippen LogP contribution in [0.3, 0.4) is 0 Å². The van der Waals surface area contributed by atoms with Gasteiger partial charge in [-0.05, 0) is 11.8 Å². The lowest BCUT2D eigenvalue weighted by Crippen LogP contribution is -2.46. The van der Waals surface area contributed by atoms with Crippen LogP contribution < -0.4 is 16.0 Å². The summed E-state index contributed by atoms with van der Waals surface area (Å²) in [4.78, 5) is 34.2. The van der Waals surface area contributed by atoms with E-state index >= 15 is 4.39 Å². The molecule has 3 saturated heterocycles. The second kappa shape index (κ2) is 10.9. The Hall–Kier alpha value is -2.94. The molecule has 3 fully saturated rings. The number of anilines is 2. The maximum absolute atomic E-state index is 15.7. The minimum absolute atomic E-state index is 0.107. The van der Waals surface area contributed by atoms with Crippen LogP contribution in [-0.4, -0.2) is 94.4 Å². The third kappa shape index (κ3) is 5.05. The first-order valence-electron chi connectivity index (χ1n) is 12.6. The maximum atomic E-state index is 15.7. The zero-order chi connectivity index (χ0) is 30.0. The quantitative estimate of drug-likeness (QED) is 0.133. The number of nitrogens with two attached hydrogens (primary N) is 2. The number of aliphatic hydroxyl groups excluding tert-OH is 1. The lowest BCUT2D eigenvalue weighted by Gasteiger charge is -2.25. The minimum Gasteiger partial charge on any atom is -0.385 e. The fraction of sp³-hybridized carbons (Fsp3) is 0.500. The largest absolute Gasteiger partial charge is 0.697 e. The number of aromatic nitrogens is 8. The van der Waals surface area contributed by atoms with Gasteiger partial charge in [-0.1, -0.05) is 4.98 Å². The number of hydrogen-bond acceptors (Lipinski definition) is 16. The molecule has 43 heavy (non-hydrogen) atoms. The molecule has 0 aliphatic carbocycles. The number of rotatable bonds is 2. The zero-order valence-corrected chi connectivity index (χ0v) is 24.2. The molecule has 0 aromatic carbocycles. The molecule has 0 radical (unpaired) electrons. The summed E-state index contributed by atoms with van der Waals surface area (Å²) in [6.07, 6.45) is -5.99. The molecule has 19 nitrogen and oxygen atoms in total. The first-order chi connectivity index (χ1) is 20.6. The Morgan fingerprint density at radius 2 is 1.91 bits per heavy atom. The molecule has 3 aliphatic heterocycles. The second-order valence-corrected chi connectivity index (χ2v) is 13.4. The van der Waals surface area contributed by atoms with Gasteiger partial charge in [0.15, 0.2) is 54.5 Å². The summed E-state index contributed by atoms with van der Waals surface area (Å²) in [5.41, 5.74) is 12.9. The summed E-state index contributed by atoms with van der Waals surface area (Å²) in [6.45, 7) is -5.28. The molecular weight excluding hydrogens is 637 g/mol. The van der Waals surface area contributed by atoms with E-state index in [1.54, 1.807) is 0 Å². The van der Waals surface area contributed by atoms with Gasteiger partial charge in [0.25, 0.3) is 0 Å². The number of nitrogens with zero attached hydrogens (tertiary/aromatic N) is 7. The molecule has 7 rings (SSSR count). The molecule has 0 amide bonds. The van der Waals surface area contributed by atoms with E-state index in [9.17, 15) is 14.6 Å². The Morgan fingerprint density at radius 1 is 1.12 bits per heavy atom. The molecular formula is C20H23FN10O9P2S+2. The second-order valence-electron chi connectivity index (χ2n) is 9.71. The summed E-state index contributed by atoms with van der Waals surface area (Å²) in [5, 5.41) is 11.2. The van der Waals surface area contributed by atoms with Gasteiger partial charge < -0.3 is 35.5 Å². The summed E-state index contributed by atoms with van der Waals surface area (Å²) in [7, 11) is -2.95. The number of fused-ring (bicyclic) bond motifs is 5. The lowest BCUT2D eigenvalue weighted by molar-refractivity contribution is -0.744. The van der Waals surface area contributed by atoms with Crippen LogP contribution in [0.4, 0.5) is 16.0 Å². The van der Waals surface area contributed by atoms with Crippen LogP contribution in [0.5, 0.6) is 0 Å². The molecule has 2 bridgehead atoms. The van der Waals surface area contributed by atoms with Crippen molar-refractivity contribution in [2.45, 2.75) is 49.1 Å². The highest BCUT2D eigenvalue weighted by atomic mass is 32.5. The number of aliphatic hydroxyl groups is 1. The zero-order valence-electron chi connectivity index (χ0n) is 21.6. The number of aromatic amines is 1. The Balaban J connectivity index is 1.18. The van der Waals surface area contributed by atoms with Crippen LogP contribution in [0, 0.1) is 0 Å². The molecule has 10 atom stereocenters. The normalized spacial score (nSPS) is 36.3. The number of nitrogen functional groups attached to an aromatic ring is 2. The Bertz CT molecular complexity index is 1770. The first kappa shape index (κ1) is 28.8. The van der Waals surface area contributed by atoms with Gasteiger partial charge in [-0.15, -0.1) is 9.05 Å². The van der Waals surface area contributed by atoms with E-state index in [0.29, 0.717) is 5.52 Å². The molecule has 7 heterocycles. The van der Waals surface area contributed by atoms with Crippen molar-refractivity contribution in [2.24, 2.45) is 0 Å². The number of H-pyrrole nitrogens is 1. The van der Waals surface area contributed by atoms with Crippen LogP contribution in [-0.2, 0) is 43.9 Å². The number of nitrogens with one attached hydrogen (secondary N) is 1. The van der Waals surface area contributed by atoms with Crippen LogP contribution in [0.1, 0.15) is 12.5 Å². The van der Waals surface area contributed by atoms with Crippen LogP contribution in [0.2, 0.25) is 0 Å². The topological polar surface area (TPSA) is 254 Å². The van der Waals surface area contributed by atoms with Crippen molar-refractivity contribution in [3.63, 3.8) is 0 Å². The highest BCUT2D eigenvalue weighted by molar-refractivity contribution is 8.07. The predicted octanol–water partition coefficient (Wildman–Crippen LogP) is -0.565. The molecule has 7 N–H and O–H groups in total. The van der Waals surface area contributed by atoms with Crippen molar-refractivity contribution in [3.8, 4) is 0 Å². The van der Waals surface area contributed by atoms with Crippen molar-refractivity contribution in [3.05, 3.63) is 25.3 Å². The van der Waals surface area contributed by atoms with Crippen LogP contribution >= 0.6 is 15.0 Å². The number of hydrogen-bond donors (Lipinski definition) is 5. The summed E-state index contributed by atoms with van der Waals surface area (Å²) < 4.78 is 65.3. The average molecular weight is 660 g/mol. The fourth-order valence-corrected chi connectivity index (χ4v) is 7.36. The number of imidazole rings is 2. The van der Waals surface area contributed by atoms with Gasteiger partial charge in [-0.3, -0.25) is 14.1 Å². The highest BCUT2D eigenvalue weighted by Gasteiger charge is 2.55. The third-order valence-corrected chi connectivity index (χ3v) is 9.50. The molecule has 4 aromatic rings. The Kier molecular flexibility index (Phi) is 7.30. The van der Waals surface area contributed by atoms with Crippen molar-refractivity contribution in [1.82, 2.24) is 34.5 Å². The van der Waals surface area contributed by atoms with Gasteiger partial charge in [0.2, 0.25) is 11.7 Å². The van der Waals surface area contributed by atoms with E-state index in [-0.39, 0.29) is 28.4 Å². The van der Waals surface area contributed by atoms with E-state index < -0.39 is 77.3 Å². The minimum atomic E-state index is -4.21. The van der Waals surface area contributed by atoms with Crippen molar-refractivity contribution in [1.29, 1.82) is 0 Å². The number of halogens is 1. The van der Waals surface area contributed by atoms with E-state index in [4.69, 9.17) is 50.8 Å². The Labute approximate surface area is 245 Å². The molecule has 23 heteroatoms. The van der Waals surface area contributed by atoms with Crippen molar-refractivity contribution < 1.29 is 51.1 Å².